The van der Waals surface area contributed by atoms with Crippen molar-refractivity contribution in [2.75, 3.05) is 18.5 Å². The van der Waals surface area contributed by atoms with Gasteiger partial charge in [-0.1, -0.05) is 56.1 Å². The molecular weight excluding hydrogens is 532 g/mol. The highest BCUT2D eigenvalue weighted by molar-refractivity contribution is 6.31. The van der Waals surface area contributed by atoms with Crippen LogP contribution in [0.1, 0.15) is 57.1 Å². The van der Waals surface area contributed by atoms with Crippen LogP contribution >= 0.6 is 23.2 Å². The van der Waals surface area contributed by atoms with Crippen molar-refractivity contribution in [3.05, 3.63) is 63.4 Å². The van der Waals surface area contributed by atoms with Crippen molar-refractivity contribution < 1.29 is 24.2 Å². The minimum atomic E-state index is -1.31. The van der Waals surface area contributed by atoms with Crippen LogP contribution in [-0.4, -0.2) is 53.4 Å². The minimum Gasteiger partial charge on any atom is -0.394 e. The predicted octanol–water partition coefficient (Wildman–Crippen LogP) is 4.13. The lowest BCUT2D eigenvalue weighted by Gasteiger charge is -2.37. The van der Waals surface area contributed by atoms with Gasteiger partial charge >= 0.3 is 0 Å². The molecule has 0 aromatic heterocycles. The van der Waals surface area contributed by atoms with Gasteiger partial charge in [-0.25, -0.2) is 4.39 Å². The van der Waals surface area contributed by atoms with Gasteiger partial charge in [0.15, 0.2) is 0 Å². The van der Waals surface area contributed by atoms with E-state index in [1.807, 2.05) is 26.8 Å². The zero-order valence-electron chi connectivity index (χ0n) is 21.7. The molecule has 2 aromatic carbocycles. The SMILES string of the molecule is CC(C)(C)C[C@H]1N[C@@H](C(=O)NCCC[C@H](O)CO)[C@H](c2cccc(Cl)c2)[C@@]12C(=O)Nc1cc(Cl)c(F)cc12. The van der Waals surface area contributed by atoms with E-state index in [1.54, 1.807) is 18.2 Å². The molecule has 0 unspecified atom stereocenters. The molecule has 5 atom stereocenters. The fourth-order valence-electron chi connectivity index (χ4n) is 5.88. The summed E-state index contributed by atoms with van der Waals surface area (Å²) in [6.07, 6.45) is 0.466. The number of nitrogens with one attached hydrogen (secondary N) is 3. The minimum absolute atomic E-state index is 0.0990. The number of halogens is 3. The van der Waals surface area contributed by atoms with Crippen LogP contribution in [0.15, 0.2) is 36.4 Å². The highest BCUT2D eigenvalue weighted by Gasteiger charge is 2.65. The smallest absolute Gasteiger partial charge is 0.237 e. The largest absolute Gasteiger partial charge is 0.394 e. The highest BCUT2D eigenvalue weighted by atomic mass is 35.5. The number of anilines is 1. The van der Waals surface area contributed by atoms with Crippen LogP contribution in [0, 0.1) is 11.2 Å². The van der Waals surface area contributed by atoms with Crippen molar-refractivity contribution in [3.63, 3.8) is 0 Å². The van der Waals surface area contributed by atoms with Gasteiger partial charge in [0.25, 0.3) is 0 Å². The predicted molar refractivity (Wildman–Crippen MR) is 146 cm³/mol. The molecule has 7 nitrogen and oxygen atoms in total. The zero-order chi connectivity index (χ0) is 27.8. The Labute approximate surface area is 232 Å². The number of rotatable bonds is 8. The van der Waals surface area contributed by atoms with Crippen molar-refractivity contribution in [3.8, 4) is 0 Å². The monoisotopic (exact) mass is 565 g/mol. The van der Waals surface area contributed by atoms with E-state index in [2.05, 4.69) is 16.0 Å². The number of carbonyl (C=O) groups excluding carboxylic acids is 2. The topological polar surface area (TPSA) is 111 Å². The summed E-state index contributed by atoms with van der Waals surface area (Å²) in [4.78, 5) is 27.7. The van der Waals surface area contributed by atoms with Crippen molar-refractivity contribution in [2.45, 2.75) is 69.6 Å². The maximum atomic E-state index is 14.9. The van der Waals surface area contributed by atoms with E-state index < -0.39 is 35.3 Å². The molecular formula is C28H34Cl2FN3O4. The molecule has 10 heteroatoms. The van der Waals surface area contributed by atoms with Gasteiger partial charge in [0, 0.05) is 29.2 Å². The first-order chi connectivity index (χ1) is 17.9. The molecule has 38 heavy (non-hydrogen) atoms. The van der Waals surface area contributed by atoms with E-state index >= 15 is 0 Å². The second-order valence-electron chi connectivity index (χ2n) is 11.4. The first-order valence-electron chi connectivity index (χ1n) is 12.8. The highest BCUT2D eigenvalue weighted by Crippen LogP contribution is 2.57. The number of carbonyl (C=O) groups is 2. The van der Waals surface area contributed by atoms with Gasteiger partial charge in [-0.2, -0.15) is 0 Å². The lowest BCUT2D eigenvalue weighted by atomic mass is 9.62. The Balaban J connectivity index is 1.83. The zero-order valence-corrected chi connectivity index (χ0v) is 23.2. The molecule has 1 spiro atoms. The quantitative estimate of drug-likeness (QED) is 0.309. The van der Waals surface area contributed by atoms with E-state index in [1.165, 1.54) is 12.1 Å². The van der Waals surface area contributed by atoms with E-state index in [4.69, 9.17) is 28.3 Å². The van der Waals surface area contributed by atoms with Crippen LogP contribution in [0.3, 0.4) is 0 Å². The van der Waals surface area contributed by atoms with Gasteiger partial charge < -0.3 is 26.2 Å². The summed E-state index contributed by atoms with van der Waals surface area (Å²) in [5.74, 6) is -2.00. The second-order valence-corrected chi connectivity index (χ2v) is 12.2. The number of fused-ring (bicyclic) bond motifs is 2. The molecule has 0 saturated carbocycles. The molecule has 0 aliphatic carbocycles. The standard InChI is InChI=1S/C28H34Cl2FN3O4/c1-27(2,3)13-22-28(18-11-20(31)19(30)12-21(18)33-26(28)38)23(15-6-4-7-16(29)10-15)24(34-22)25(37)32-9-5-8-17(36)14-35/h4,6-7,10-12,17,22-24,34-36H,5,8-9,13-14H2,1-3H3,(H,32,37)(H,33,38)/t17-,22+,23-,24+,28-/m0/s1. The summed E-state index contributed by atoms with van der Waals surface area (Å²) in [5, 5.41) is 28.3. The molecule has 4 rings (SSSR count). The van der Waals surface area contributed by atoms with Gasteiger partial charge in [-0.05, 0) is 60.1 Å². The van der Waals surface area contributed by atoms with Gasteiger partial charge in [-0.15, -0.1) is 0 Å². The average molecular weight is 567 g/mol. The number of amides is 2. The molecule has 2 aliphatic heterocycles. The van der Waals surface area contributed by atoms with Crippen LogP contribution in [0.2, 0.25) is 10.0 Å². The molecule has 5 N–H and O–H groups in total. The molecule has 1 saturated heterocycles. The molecule has 2 aliphatic rings. The fourth-order valence-corrected chi connectivity index (χ4v) is 6.25. The summed E-state index contributed by atoms with van der Waals surface area (Å²) in [5.41, 5.74) is 0.0123. The van der Waals surface area contributed by atoms with E-state index in [9.17, 15) is 19.1 Å². The Morgan fingerprint density at radius 3 is 2.63 bits per heavy atom. The molecule has 2 heterocycles. The first-order valence-corrected chi connectivity index (χ1v) is 13.5. The summed E-state index contributed by atoms with van der Waals surface area (Å²) in [6, 6.07) is 8.43. The number of aliphatic hydroxyl groups excluding tert-OH is 2. The maximum absolute atomic E-state index is 14.9. The lowest BCUT2D eigenvalue weighted by Crippen LogP contribution is -2.49. The third-order valence-corrected chi connectivity index (χ3v) is 7.94. The number of benzene rings is 2. The van der Waals surface area contributed by atoms with E-state index in [-0.39, 0.29) is 35.4 Å². The second kappa shape index (κ2) is 11.1. The third-order valence-electron chi connectivity index (χ3n) is 7.42. The number of aliphatic hydroxyl groups is 2. The molecule has 1 fully saturated rings. The van der Waals surface area contributed by atoms with Crippen LogP contribution in [0.5, 0.6) is 0 Å². The Kier molecular flexibility index (Phi) is 8.40. The number of hydrogen-bond donors (Lipinski definition) is 5. The van der Waals surface area contributed by atoms with E-state index in [0.717, 1.165) is 0 Å². The van der Waals surface area contributed by atoms with E-state index in [0.29, 0.717) is 41.1 Å². The Morgan fingerprint density at radius 2 is 1.97 bits per heavy atom. The molecule has 206 valence electrons. The first kappa shape index (κ1) is 28.8. The maximum Gasteiger partial charge on any atom is 0.237 e. The van der Waals surface area contributed by atoms with Crippen molar-refractivity contribution >= 4 is 40.7 Å². The van der Waals surface area contributed by atoms with Crippen LogP contribution in [-0.2, 0) is 15.0 Å². The van der Waals surface area contributed by atoms with Crippen LogP contribution in [0.25, 0.3) is 0 Å². The average Bonchev–Trinajstić information content (AvgIpc) is 3.31. The third kappa shape index (κ3) is 5.42. The van der Waals surface area contributed by atoms with Gasteiger partial charge in [0.05, 0.1) is 23.8 Å². The number of hydrogen-bond acceptors (Lipinski definition) is 5. The summed E-state index contributed by atoms with van der Waals surface area (Å²) >= 11 is 12.5. The fraction of sp³-hybridized carbons (Fsp3) is 0.500. The summed E-state index contributed by atoms with van der Waals surface area (Å²) < 4.78 is 14.9. The van der Waals surface area contributed by atoms with Gasteiger partial charge in [-0.3, -0.25) is 9.59 Å². The van der Waals surface area contributed by atoms with Gasteiger partial charge in [0.1, 0.15) is 11.2 Å². The molecule has 0 bridgehead atoms. The molecule has 0 radical (unpaired) electrons. The molecule has 2 amide bonds. The van der Waals surface area contributed by atoms with Crippen LogP contribution < -0.4 is 16.0 Å². The Hall–Kier alpha value is -2.23. The van der Waals surface area contributed by atoms with Crippen molar-refractivity contribution in [1.29, 1.82) is 0 Å². The van der Waals surface area contributed by atoms with Crippen molar-refractivity contribution in [2.24, 2.45) is 5.41 Å². The van der Waals surface area contributed by atoms with Crippen molar-refractivity contribution in [1.82, 2.24) is 10.6 Å². The summed E-state index contributed by atoms with van der Waals surface area (Å²) in [6.45, 7) is 6.08. The Bertz CT molecular complexity index is 1220. The van der Waals surface area contributed by atoms with Gasteiger partial charge in [0.2, 0.25) is 11.8 Å². The Morgan fingerprint density at radius 1 is 1.24 bits per heavy atom. The van der Waals surface area contributed by atoms with Crippen LogP contribution in [0.4, 0.5) is 10.1 Å². The normalized spacial score (nSPS) is 25.4. The summed E-state index contributed by atoms with van der Waals surface area (Å²) in [7, 11) is 0. The molecule has 2 aromatic rings. The lowest BCUT2D eigenvalue weighted by molar-refractivity contribution is -0.123.